The summed E-state index contributed by atoms with van der Waals surface area (Å²) < 4.78 is 0. The van der Waals surface area contributed by atoms with Crippen LogP contribution in [-0.2, 0) is 20.8 Å². The Kier molecular flexibility index (Phi) is 7.56. The highest BCUT2D eigenvalue weighted by Crippen LogP contribution is 2.16. The van der Waals surface area contributed by atoms with Gasteiger partial charge >= 0.3 is 5.97 Å². The van der Waals surface area contributed by atoms with Crippen molar-refractivity contribution in [3.8, 4) is 0 Å². The Morgan fingerprint density at radius 3 is 2.18 bits per heavy atom. The molecule has 0 aliphatic heterocycles. The third-order valence-electron chi connectivity index (χ3n) is 4.15. The molecule has 0 spiro atoms. The third-order valence-corrected chi connectivity index (χ3v) is 4.15. The summed E-state index contributed by atoms with van der Waals surface area (Å²) in [5.41, 5.74) is 2.51. The minimum absolute atomic E-state index is 0.175. The van der Waals surface area contributed by atoms with Gasteiger partial charge in [-0.25, -0.2) is 0 Å². The molecule has 0 fully saturated rings. The van der Waals surface area contributed by atoms with E-state index >= 15 is 0 Å². The molecule has 2 aromatic rings. The average molecular weight is 383 g/mol. The summed E-state index contributed by atoms with van der Waals surface area (Å²) >= 11 is 0. The summed E-state index contributed by atoms with van der Waals surface area (Å²) in [5, 5.41) is 14.2. The lowest BCUT2D eigenvalue weighted by Crippen LogP contribution is -2.45. The van der Waals surface area contributed by atoms with Crippen molar-refractivity contribution in [2.24, 2.45) is 0 Å². The number of carboxylic acids is 1. The number of carboxylic acid groups (broad SMARTS) is 1. The van der Waals surface area contributed by atoms with Gasteiger partial charge in [-0.05, 0) is 29.8 Å². The maximum Gasteiger partial charge on any atom is 0.303 e. The summed E-state index contributed by atoms with van der Waals surface area (Å²) in [6.07, 6.45) is -0.149. The molecule has 2 amide bonds. The van der Waals surface area contributed by atoms with Crippen molar-refractivity contribution >= 4 is 29.2 Å². The van der Waals surface area contributed by atoms with Crippen LogP contribution in [0.1, 0.15) is 18.4 Å². The lowest BCUT2D eigenvalue weighted by molar-refractivity contribution is -0.139. The van der Waals surface area contributed by atoms with E-state index in [9.17, 15) is 14.4 Å². The number of hydrogen-bond donors (Lipinski definition) is 3. The molecule has 0 radical (unpaired) electrons. The van der Waals surface area contributed by atoms with Gasteiger partial charge in [-0.2, -0.15) is 0 Å². The van der Waals surface area contributed by atoms with Crippen molar-refractivity contribution in [3.05, 3.63) is 60.2 Å². The molecular weight excluding hydrogens is 358 g/mol. The predicted octanol–water partition coefficient (Wildman–Crippen LogP) is 2.28. The first kappa shape index (κ1) is 21.0. The maximum absolute atomic E-state index is 12.8. The molecule has 0 saturated heterocycles. The molecule has 0 saturated carbocycles. The van der Waals surface area contributed by atoms with Crippen LogP contribution in [0.15, 0.2) is 54.6 Å². The van der Waals surface area contributed by atoms with Crippen molar-refractivity contribution in [2.45, 2.75) is 25.3 Å². The molecule has 2 aromatic carbocycles. The normalized spacial score (nSPS) is 11.4. The number of anilines is 2. The van der Waals surface area contributed by atoms with Gasteiger partial charge in [0.1, 0.15) is 6.04 Å². The molecule has 0 bridgehead atoms. The molecule has 1 unspecified atom stereocenters. The highest BCUT2D eigenvalue weighted by Gasteiger charge is 2.21. The minimum atomic E-state index is -1.06. The van der Waals surface area contributed by atoms with Crippen LogP contribution in [0.2, 0.25) is 0 Å². The highest BCUT2D eigenvalue weighted by molar-refractivity contribution is 5.97. The molecule has 0 aliphatic rings. The fourth-order valence-corrected chi connectivity index (χ4v) is 2.62. The van der Waals surface area contributed by atoms with Gasteiger partial charge < -0.3 is 20.6 Å². The van der Waals surface area contributed by atoms with Crippen LogP contribution in [0.4, 0.5) is 11.4 Å². The number of nitrogens with one attached hydrogen (secondary N) is 2. The zero-order valence-corrected chi connectivity index (χ0v) is 16.0. The van der Waals surface area contributed by atoms with Gasteiger partial charge in [-0.3, -0.25) is 14.4 Å². The first-order valence-electron chi connectivity index (χ1n) is 8.98. The van der Waals surface area contributed by atoms with Crippen molar-refractivity contribution in [1.29, 1.82) is 0 Å². The predicted molar refractivity (Wildman–Crippen MR) is 108 cm³/mol. The van der Waals surface area contributed by atoms with Gasteiger partial charge in [0.15, 0.2) is 0 Å². The lowest BCUT2D eigenvalue weighted by Gasteiger charge is -2.19. The summed E-state index contributed by atoms with van der Waals surface area (Å²) in [5.74, 6) is -1.88. The van der Waals surface area contributed by atoms with Gasteiger partial charge in [0.05, 0.1) is 6.42 Å². The van der Waals surface area contributed by atoms with Crippen LogP contribution < -0.4 is 15.5 Å². The monoisotopic (exact) mass is 383 g/mol. The van der Waals surface area contributed by atoms with Crippen LogP contribution in [0.3, 0.4) is 0 Å². The van der Waals surface area contributed by atoms with Gasteiger partial charge in [-0.15, -0.1) is 0 Å². The first-order chi connectivity index (χ1) is 13.3. The van der Waals surface area contributed by atoms with Crippen LogP contribution in [0.5, 0.6) is 0 Å². The second-order valence-electron chi connectivity index (χ2n) is 6.63. The van der Waals surface area contributed by atoms with Crippen LogP contribution in [-0.4, -0.2) is 43.0 Å². The molecule has 1 atom stereocenters. The van der Waals surface area contributed by atoms with Crippen molar-refractivity contribution < 1.29 is 19.5 Å². The minimum Gasteiger partial charge on any atom is -0.481 e. The van der Waals surface area contributed by atoms with E-state index in [2.05, 4.69) is 10.6 Å². The van der Waals surface area contributed by atoms with E-state index in [-0.39, 0.29) is 18.7 Å². The Hall–Kier alpha value is -3.35. The Labute approximate surface area is 164 Å². The summed E-state index contributed by atoms with van der Waals surface area (Å²) in [6.45, 7) is 0. The van der Waals surface area contributed by atoms with E-state index in [0.29, 0.717) is 12.1 Å². The van der Waals surface area contributed by atoms with E-state index in [1.165, 1.54) is 0 Å². The van der Waals surface area contributed by atoms with Crippen molar-refractivity contribution in [2.75, 3.05) is 24.3 Å². The fraction of sp³-hybridized carbons (Fsp3) is 0.286. The first-order valence-corrected chi connectivity index (χ1v) is 8.98. The van der Waals surface area contributed by atoms with E-state index in [1.807, 2.05) is 61.5 Å². The number of carbonyl (C=O) groups is 3. The number of benzene rings is 2. The smallest absolute Gasteiger partial charge is 0.303 e. The zero-order chi connectivity index (χ0) is 20.5. The van der Waals surface area contributed by atoms with E-state index in [0.717, 1.165) is 11.3 Å². The van der Waals surface area contributed by atoms with E-state index in [4.69, 9.17) is 5.11 Å². The molecule has 7 nitrogen and oxygen atoms in total. The van der Waals surface area contributed by atoms with E-state index < -0.39 is 17.9 Å². The lowest BCUT2D eigenvalue weighted by atomic mass is 10.0. The summed E-state index contributed by atoms with van der Waals surface area (Å²) in [6, 6.07) is 15.9. The Morgan fingerprint density at radius 2 is 1.61 bits per heavy atom. The Bertz CT molecular complexity index is 804. The zero-order valence-electron chi connectivity index (χ0n) is 16.0. The molecule has 0 aliphatic carbocycles. The van der Waals surface area contributed by atoms with Crippen LogP contribution in [0, 0.1) is 0 Å². The Balaban J connectivity index is 2.08. The number of nitrogens with zero attached hydrogens (tertiary/aromatic N) is 1. The molecule has 3 N–H and O–H groups in total. The summed E-state index contributed by atoms with van der Waals surface area (Å²) in [7, 11) is 3.85. The second-order valence-corrected chi connectivity index (χ2v) is 6.63. The second kappa shape index (κ2) is 10.1. The number of amides is 2. The third kappa shape index (κ3) is 6.75. The molecule has 148 valence electrons. The number of aliphatic carboxylic acids is 1. The topological polar surface area (TPSA) is 98.7 Å². The van der Waals surface area contributed by atoms with Crippen LogP contribution >= 0.6 is 0 Å². The molecular formula is C21H25N3O4. The van der Waals surface area contributed by atoms with Gasteiger partial charge in [0.2, 0.25) is 11.8 Å². The summed E-state index contributed by atoms with van der Waals surface area (Å²) in [4.78, 5) is 37.4. The van der Waals surface area contributed by atoms with Crippen molar-refractivity contribution in [3.63, 3.8) is 0 Å². The number of carbonyl (C=O) groups excluding carboxylic acids is 2. The maximum atomic E-state index is 12.8. The van der Waals surface area contributed by atoms with Gasteiger partial charge in [0, 0.05) is 38.3 Å². The Morgan fingerprint density at radius 1 is 0.964 bits per heavy atom. The number of hydrogen-bond acceptors (Lipinski definition) is 4. The molecule has 2 rings (SSSR count). The van der Waals surface area contributed by atoms with Gasteiger partial charge in [0.25, 0.3) is 0 Å². The SMILES string of the molecule is CN(C)c1ccc(NC(=O)C(Cc2ccccc2)NC(=O)CCC(=O)O)cc1. The standard InChI is InChI=1S/C21H25N3O4/c1-24(2)17-10-8-16(9-11-17)22-21(28)18(14-15-6-4-3-5-7-15)23-19(25)12-13-20(26)27/h3-11,18H,12-14H2,1-2H3,(H,22,28)(H,23,25)(H,26,27). The molecule has 0 heterocycles. The molecule has 7 heteroatoms. The molecule has 28 heavy (non-hydrogen) atoms. The van der Waals surface area contributed by atoms with Crippen LogP contribution in [0.25, 0.3) is 0 Å². The number of rotatable bonds is 9. The van der Waals surface area contributed by atoms with Crippen molar-refractivity contribution in [1.82, 2.24) is 5.32 Å². The van der Waals surface area contributed by atoms with Gasteiger partial charge in [-0.1, -0.05) is 30.3 Å². The average Bonchev–Trinajstić information content (AvgIpc) is 2.67. The largest absolute Gasteiger partial charge is 0.481 e. The van der Waals surface area contributed by atoms with E-state index in [1.54, 1.807) is 12.1 Å². The molecule has 0 aromatic heterocycles. The highest BCUT2D eigenvalue weighted by atomic mass is 16.4. The fourth-order valence-electron chi connectivity index (χ4n) is 2.62. The quantitative estimate of drug-likeness (QED) is 0.617.